The first kappa shape index (κ1) is 13.8. The molecule has 7 heteroatoms. The summed E-state index contributed by atoms with van der Waals surface area (Å²) in [6.45, 7) is 0. The summed E-state index contributed by atoms with van der Waals surface area (Å²) in [5.41, 5.74) is -1.15. The van der Waals surface area contributed by atoms with E-state index in [1.165, 1.54) is 23.9 Å². The summed E-state index contributed by atoms with van der Waals surface area (Å²) < 4.78 is 38.2. The van der Waals surface area contributed by atoms with Crippen molar-refractivity contribution in [3.8, 4) is 6.07 Å². The number of anilines is 1. The molecule has 0 bridgehead atoms. The normalized spacial score (nSPS) is 10.8. The van der Waals surface area contributed by atoms with Gasteiger partial charge < -0.3 is 5.32 Å². The molecule has 0 saturated carbocycles. The first-order chi connectivity index (χ1) is 7.88. The third-order valence-corrected chi connectivity index (χ3v) is 2.95. The zero-order chi connectivity index (χ0) is 13.1. The molecule has 2 nitrogen and oxygen atoms in total. The van der Waals surface area contributed by atoms with Crippen molar-refractivity contribution in [2.45, 2.75) is 6.18 Å². The molecule has 0 aliphatic carbocycles. The molecule has 1 aromatic rings. The maximum absolute atomic E-state index is 12.6. The monoisotopic (exact) mass is 276 g/mol. The number of halogens is 3. The molecule has 0 spiro atoms. The van der Waals surface area contributed by atoms with E-state index in [-0.39, 0.29) is 5.69 Å². The van der Waals surface area contributed by atoms with Gasteiger partial charge in [0.1, 0.15) is 4.32 Å². The van der Waals surface area contributed by atoms with Crippen molar-refractivity contribution in [2.75, 3.05) is 11.6 Å². The average molecular weight is 276 g/mol. The quantitative estimate of drug-likeness (QED) is 0.794. The molecule has 0 aromatic heterocycles. The van der Waals surface area contributed by atoms with Gasteiger partial charge in [0.05, 0.1) is 17.2 Å². The van der Waals surface area contributed by atoms with Gasteiger partial charge in [-0.05, 0) is 24.5 Å². The Morgan fingerprint density at radius 3 is 2.59 bits per heavy atom. The van der Waals surface area contributed by atoms with Gasteiger partial charge in [-0.3, -0.25) is 0 Å². The summed E-state index contributed by atoms with van der Waals surface area (Å²) in [4.78, 5) is 0. The third kappa shape index (κ3) is 3.61. The summed E-state index contributed by atoms with van der Waals surface area (Å²) >= 11 is 6.06. The minimum Gasteiger partial charge on any atom is -0.341 e. The van der Waals surface area contributed by atoms with Crippen molar-refractivity contribution in [3.63, 3.8) is 0 Å². The number of thioether (sulfide) groups is 1. The van der Waals surface area contributed by atoms with Gasteiger partial charge in [-0.1, -0.05) is 12.2 Å². The van der Waals surface area contributed by atoms with Gasteiger partial charge in [0.25, 0.3) is 0 Å². The van der Waals surface area contributed by atoms with Crippen LogP contribution in [-0.4, -0.2) is 10.6 Å². The highest BCUT2D eigenvalue weighted by molar-refractivity contribution is 8.22. The molecule has 0 atom stereocenters. The number of hydrogen-bond donors (Lipinski definition) is 1. The van der Waals surface area contributed by atoms with E-state index in [4.69, 9.17) is 17.5 Å². The van der Waals surface area contributed by atoms with Crippen LogP contribution in [0.2, 0.25) is 0 Å². The van der Waals surface area contributed by atoms with E-state index in [0.29, 0.717) is 4.32 Å². The Bertz CT molecular complexity index is 477. The van der Waals surface area contributed by atoms with E-state index >= 15 is 0 Å². The van der Waals surface area contributed by atoms with Gasteiger partial charge in [0, 0.05) is 5.69 Å². The highest BCUT2D eigenvalue weighted by Crippen LogP contribution is 2.33. The van der Waals surface area contributed by atoms with Gasteiger partial charge in [0.15, 0.2) is 0 Å². The molecule has 1 aromatic carbocycles. The molecule has 0 aliphatic heterocycles. The molecule has 0 saturated heterocycles. The number of nitriles is 1. The number of nitrogens with zero attached hydrogens (tertiary/aromatic N) is 1. The molecular weight excluding hydrogens is 269 g/mol. The van der Waals surface area contributed by atoms with Gasteiger partial charge in [0.2, 0.25) is 0 Å². The summed E-state index contributed by atoms with van der Waals surface area (Å²) in [6.07, 6.45) is -2.84. The van der Waals surface area contributed by atoms with Crippen molar-refractivity contribution in [2.24, 2.45) is 0 Å². The van der Waals surface area contributed by atoms with Crippen molar-refractivity contribution in [1.82, 2.24) is 0 Å². The van der Waals surface area contributed by atoms with Crippen LogP contribution >= 0.6 is 24.0 Å². The molecule has 17 heavy (non-hydrogen) atoms. The second kappa shape index (κ2) is 5.38. The van der Waals surface area contributed by atoms with Crippen molar-refractivity contribution < 1.29 is 13.2 Å². The average Bonchev–Trinajstić information content (AvgIpc) is 2.27. The maximum atomic E-state index is 12.6. The van der Waals surface area contributed by atoms with E-state index in [1.807, 2.05) is 0 Å². The standard InChI is InChI=1S/C10H7F3N2S2/c1-17-9(16)15-7-3-2-6(5-14)8(4-7)10(11,12)13/h2-4H,1H3,(H,15,16). The maximum Gasteiger partial charge on any atom is 0.417 e. The number of hydrogen-bond acceptors (Lipinski definition) is 3. The Labute approximate surface area is 106 Å². The predicted octanol–water partition coefficient (Wildman–Crippen LogP) is 3.64. The predicted molar refractivity (Wildman–Crippen MR) is 65.9 cm³/mol. The Balaban J connectivity index is 3.15. The van der Waals surface area contributed by atoms with Crippen molar-refractivity contribution in [1.29, 1.82) is 5.26 Å². The van der Waals surface area contributed by atoms with Gasteiger partial charge in [-0.15, -0.1) is 11.8 Å². The fourth-order valence-corrected chi connectivity index (χ4v) is 1.46. The largest absolute Gasteiger partial charge is 0.417 e. The third-order valence-electron chi connectivity index (χ3n) is 1.88. The second-order valence-electron chi connectivity index (χ2n) is 2.99. The topological polar surface area (TPSA) is 35.8 Å². The lowest BCUT2D eigenvalue weighted by atomic mass is 10.1. The highest BCUT2D eigenvalue weighted by atomic mass is 32.2. The highest BCUT2D eigenvalue weighted by Gasteiger charge is 2.33. The zero-order valence-electron chi connectivity index (χ0n) is 8.63. The molecule has 0 aliphatic rings. The van der Waals surface area contributed by atoms with Crippen LogP contribution in [0.4, 0.5) is 18.9 Å². The van der Waals surface area contributed by atoms with Gasteiger partial charge in [-0.2, -0.15) is 18.4 Å². The van der Waals surface area contributed by atoms with E-state index in [9.17, 15) is 13.2 Å². The van der Waals surface area contributed by atoms with Crippen LogP contribution in [0.3, 0.4) is 0 Å². The lowest BCUT2D eigenvalue weighted by molar-refractivity contribution is -0.137. The van der Waals surface area contributed by atoms with Gasteiger partial charge in [-0.25, -0.2) is 0 Å². The minimum atomic E-state index is -4.55. The zero-order valence-corrected chi connectivity index (χ0v) is 10.3. The van der Waals surface area contributed by atoms with E-state index < -0.39 is 17.3 Å². The Kier molecular flexibility index (Phi) is 4.37. The van der Waals surface area contributed by atoms with Crippen LogP contribution in [0, 0.1) is 11.3 Å². The fourth-order valence-electron chi connectivity index (χ4n) is 1.12. The van der Waals surface area contributed by atoms with Crippen molar-refractivity contribution >= 4 is 34.0 Å². The molecule has 1 N–H and O–H groups in total. The Morgan fingerprint density at radius 2 is 2.12 bits per heavy atom. The van der Waals surface area contributed by atoms with Crippen LogP contribution in [-0.2, 0) is 6.18 Å². The Hall–Kier alpha value is -1.26. The van der Waals surface area contributed by atoms with Crippen LogP contribution in [0.5, 0.6) is 0 Å². The number of nitrogens with one attached hydrogen (secondary N) is 1. The first-order valence-corrected chi connectivity index (χ1v) is 5.98. The van der Waals surface area contributed by atoms with E-state index in [1.54, 1.807) is 6.26 Å². The molecule has 1 rings (SSSR count). The second-order valence-corrected chi connectivity index (χ2v) is 4.47. The fraction of sp³-hybridized carbons (Fsp3) is 0.200. The minimum absolute atomic E-state index is 0.218. The van der Waals surface area contributed by atoms with E-state index in [2.05, 4.69) is 5.32 Å². The molecular formula is C10H7F3N2S2. The number of thiocarbonyl (C=S) groups is 1. The van der Waals surface area contributed by atoms with E-state index in [0.717, 1.165) is 12.1 Å². The Morgan fingerprint density at radius 1 is 1.47 bits per heavy atom. The molecule has 0 heterocycles. The molecule has 0 fully saturated rings. The molecule has 0 unspecified atom stereocenters. The summed E-state index contributed by atoms with van der Waals surface area (Å²) in [5.74, 6) is 0. The van der Waals surface area contributed by atoms with Crippen molar-refractivity contribution in [3.05, 3.63) is 29.3 Å². The van der Waals surface area contributed by atoms with Crippen LogP contribution in [0.1, 0.15) is 11.1 Å². The molecule has 90 valence electrons. The number of rotatable bonds is 1. The number of alkyl halides is 3. The lowest BCUT2D eigenvalue weighted by Gasteiger charge is -2.11. The summed E-state index contributed by atoms with van der Waals surface area (Å²) in [5, 5.41) is 11.2. The SMILES string of the molecule is CSC(=S)Nc1ccc(C#N)c(C(F)(F)F)c1. The van der Waals surface area contributed by atoms with Crippen LogP contribution in [0.15, 0.2) is 18.2 Å². The summed E-state index contributed by atoms with van der Waals surface area (Å²) in [7, 11) is 0. The molecule has 0 radical (unpaired) electrons. The summed E-state index contributed by atoms with van der Waals surface area (Å²) in [6, 6.07) is 4.89. The molecule has 0 amide bonds. The lowest BCUT2D eigenvalue weighted by Crippen LogP contribution is -2.10. The van der Waals surface area contributed by atoms with Crippen LogP contribution < -0.4 is 5.32 Å². The first-order valence-electron chi connectivity index (χ1n) is 4.35. The number of benzene rings is 1. The smallest absolute Gasteiger partial charge is 0.341 e. The van der Waals surface area contributed by atoms with Crippen LogP contribution in [0.25, 0.3) is 0 Å². The van der Waals surface area contributed by atoms with Gasteiger partial charge >= 0.3 is 6.18 Å².